The third kappa shape index (κ3) is 3.08. The summed E-state index contributed by atoms with van der Waals surface area (Å²) in [5, 5.41) is -0.00703. The lowest BCUT2D eigenvalue weighted by molar-refractivity contribution is 0.0912. The Hall–Kier alpha value is -1.53. The van der Waals surface area contributed by atoms with Gasteiger partial charge in [0, 0.05) is 18.0 Å². The lowest BCUT2D eigenvalue weighted by Crippen LogP contribution is -2.31. The molecule has 1 aromatic rings. The molecule has 1 aromatic heterocycles. The minimum Gasteiger partial charge on any atom is -0.462 e. The van der Waals surface area contributed by atoms with Gasteiger partial charge in [0.05, 0.1) is 0 Å². The predicted octanol–water partition coefficient (Wildman–Crippen LogP) is 0.0291. The summed E-state index contributed by atoms with van der Waals surface area (Å²) in [5.74, 6) is 4.78. The molecule has 5 nitrogen and oxygen atoms in total. The van der Waals surface area contributed by atoms with Crippen molar-refractivity contribution in [1.82, 2.24) is 10.4 Å². The fourth-order valence-electron chi connectivity index (χ4n) is 0.794. The van der Waals surface area contributed by atoms with Crippen molar-refractivity contribution in [3.05, 3.63) is 30.1 Å². The molecule has 0 radical (unpaired) electrons. The Bertz CT molecular complexity index is 329. The highest BCUT2D eigenvalue weighted by Gasteiger charge is 2.06. The van der Waals surface area contributed by atoms with E-state index < -0.39 is 0 Å². The number of pyridine rings is 1. The molecule has 0 aliphatic heterocycles. The van der Waals surface area contributed by atoms with E-state index >= 15 is 0 Å². The number of thiocarbonyl (C=S) groups is 1. The Morgan fingerprint density at radius 3 is 2.79 bits per heavy atom. The molecule has 0 aromatic carbocycles. The molecule has 1 heterocycles. The standard InChI is InChI=1S/C8H9N3O2S/c9-11-8(14)13-5-7(12)6-1-3-10-4-2-6/h1-4H,5,9H2,(H,11,14). The van der Waals surface area contributed by atoms with Crippen LogP contribution < -0.4 is 11.3 Å². The first-order chi connectivity index (χ1) is 6.74. The van der Waals surface area contributed by atoms with Gasteiger partial charge >= 0.3 is 0 Å². The van der Waals surface area contributed by atoms with E-state index in [0.717, 1.165) is 0 Å². The SMILES string of the molecule is NNC(=S)OCC(=O)c1ccncc1. The lowest BCUT2D eigenvalue weighted by atomic mass is 10.2. The third-order valence-electron chi connectivity index (χ3n) is 1.45. The first-order valence-corrected chi connectivity index (χ1v) is 4.21. The summed E-state index contributed by atoms with van der Waals surface area (Å²) in [4.78, 5) is 15.2. The van der Waals surface area contributed by atoms with Gasteiger partial charge in [-0.25, -0.2) is 5.84 Å². The molecule has 74 valence electrons. The lowest BCUT2D eigenvalue weighted by Gasteiger charge is -2.04. The number of nitrogens with two attached hydrogens (primary N) is 1. The highest BCUT2D eigenvalue weighted by Crippen LogP contribution is 1.98. The molecule has 0 unspecified atom stereocenters. The van der Waals surface area contributed by atoms with Gasteiger partial charge in [-0.1, -0.05) is 0 Å². The normalized spacial score (nSPS) is 9.21. The van der Waals surface area contributed by atoms with Gasteiger partial charge in [-0.3, -0.25) is 15.2 Å². The summed E-state index contributed by atoms with van der Waals surface area (Å²) >= 11 is 4.60. The van der Waals surface area contributed by atoms with E-state index in [9.17, 15) is 4.79 Å². The number of nitrogens with zero attached hydrogens (tertiary/aromatic N) is 1. The molecule has 0 aliphatic carbocycles. The van der Waals surface area contributed by atoms with Crippen molar-refractivity contribution in [3.8, 4) is 0 Å². The summed E-state index contributed by atoms with van der Waals surface area (Å²) in [5.41, 5.74) is 2.64. The monoisotopic (exact) mass is 211 g/mol. The van der Waals surface area contributed by atoms with Gasteiger partial charge in [0.25, 0.3) is 5.17 Å². The Kier molecular flexibility index (Phi) is 3.96. The molecule has 3 N–H and O–H groups in total. The quantitative estimate of drug-likeness (QED) is 0.318. The number of Topliss-reactive ketones (excluding diaryl/α,β-unsaturated/α-hetero) is 1. The van der Waals surface area contributed by atoms with Crippen molar-refractivity contribution in [2.24, 2.45) is 5.84 Å². The Morgan fingerprint density at radius 2 is 2.21 bits per heavy atom. The largest absolute Gasteiger partial charge is 0.462 e. The van der Waals surface area contributed by atoms with Crippen LogP contribution in [-0.4, -0.2) is 22.5 Å². The average molecular weight is 211 g/mol. The summed E-state index contributed by atoms with van der Waals surface area (Å²) in [6, 6.07) is 3.20. The van der Waals surface area contributed by atoms with Gasteiger partial charge in [0.1, 0.15) is 0 Å². The zero-order chi connectivity index (χ0) is 10.4. The van der Waals surface area contributed by atoms with Crippen molar-refractivity contribution >= 4 is 23.2 Å². The maximum atomic E-state index is 11.4. The second kappa shape index (κ2) is 5.25. The van der Waals surface area contributed by atoms with Crippen LogP contribution in [0, 0.1) is 0 Å². The molecular weight excluding hydrogens is 202 g/mol. The van der Waals surface area contributed by atoms with Gasteiger partial charge in [-0.05, 0) is 24.4 Å². The zero-order valence-electron chi connectivity index (χ0n) is 7.27. The van der Waals surface area contributed by atoms with Gasteiger partial charge in [-0.15, -0.1) is 0 Å². The molecule has 0 saturated heterocycles. The highest BCUT2D eigenvalue weighted by atomic mass is 32.1. The molecule has 6 heteroatoms. The number of carbonyl (C=O) groups excluding carboxylic acids is 1. The van der Waals surface area contributed by atoms with Crippen LogP contribution in [0.5, 0.6) is 0 Å². The van der Waals surface area contributed by atoms with Crippen molar-refractivity contribution in [1.29, 1.82) is 0 Å². The zero-order valence-corrected chi connectivity index (χ0v) is 8.08. The summed E-state index contributed by atoms with van der Waals surface area (Å²) in [6.07, 6.45) is 3.07. The molecule has 0 spiro atoms. The number of carbonyl (C=O) groups is 1. The number of hydrogen-bond donors (Lipinski definition) is 2. The molecule has 1 rings (SSSR count). The van der Waals surface area contributed by atoms with E-state index in [1.165, 1.54) is 12.4 Å². The molecule has 0 amide bonds. The molecular formula is C8H9N3O2S. The van der Waals surface area contributed by atoms with Gasteiger partial charge < -0.3 is 4.74 Å². The van der Waals surface area contributed by atoms with Crippen LogP contribution >= 0.6 is 12.2 Å². The molecule has 0 bridgehead atoms. The van der Waals surface area contributed by atoms with Crippen molar-refractivity contribution < 1.29 is 9.53 Å². The number of rotatable bonds is 3. The number of ether oxygens (including phenoxy) is 1. The van der Waals surface area contributed by atoms with E-state index in [-0.39, 0.29) is 17.6 Å². The molecule has 14 heavy (non-hydrogen) atoms. The van der Waals surface area contributed by atoms with E-state index in [1.54, 1.807) is 12.1 Å². The van der Waals surface area contributed by atoms with Gasteiger partial charge in [-0.2, -0.15) is 0 Å². The first-order valence-electron chi connectivity index (χ1n) is 3.80. The van der Waals surface area contributed by atoms with Crippen LogP contribution in [0.25, 0.3) is 0 Å². The Labute approximate surface area is 86.2 Å². The van der Waals surface area contributed by atoms with Gasteiger partial charge in [0.2, 0.25) is 0 Å². The molecule has 0 aliphatic rings. The first kappa shape index (κ1) is 10.6. The fraction of sp³-hybridized carbons (Fsp3) is 0.125. The molecule has 0 saturated carbocycles. The van der Waals surface area contributed by atoms with Crippen LogP contribution in [0.2, 0.25) is 0 Å². The van der Waals surface area contributed by atoms with E-state index in [4.69, 9.17) is 10.6 Å². The van der Waals surface area contributed by atoms with Crippen LogP contribution in [0.15, 0.2) is 24.5 Å². The van der Waals surface area contributed by atoms with Gasteiger partial charge in [0.15, 0.2) is 12.4 Å². The number of hydrazine groups is 1. The Morgan fingerprint density at radius 1 is 1.57 bits per heavy atom. The topological polar surface area (TPSA) is 77.2 Å². The number of ketones is 1. The maximum Gasteiger partial charge on any atom is 0.271 e. The van der Waals surface area contributed by atoms with E-state index in [2.05, 4.69) is 22.6 Å². The summed E-state index contributed by atoms with van der Waals surface area (Å²) in [7, 11) is 0. The molecule has 0 fully saturated rings. The number of hydrogen-bond acceptors (Lipinski definition) is 5. The summed E-state index contributed by atoms with van der Waals surface area (Å²) < 4.78 is 4.83. The third-order valence-corrected chi connectivity index (χ3v) is 1.69. The second-order valence-electron chi connectivity index (χ2n) is 2.38. The van der Waals surface area contributed by atoms with Crippen molar-refractivity contribution in [3.63, 3.8) is 0 Å². The predicted molar refractivity (Wildman–Crippen MR) is 54.4 cm³/mol. The fourth-order valence-corrected chi connectivity index (χ4v) is 0.853. The minimum atomic E-state index is -0.176. The second-order valence-corrected chi connectivity index (χ2v) is 2.75. The Balaban J connectivity index is 2.48. The summed E-state index contributed by atoms with van der Waals surface area (Å²) in [6.45, 7) is -0.132. The number of nitrogens with one attached hydrogen (secondary N) is 1. The van der Waals surface area contributed by atoms with Crippen LogP contribution in [0.3, 0.4) is 0 Å². The highest BCUT2D eigenvalue weighted by molar-refractivity contribution is 7.80. The number of aromatic nitrogens is 1. The smallest absolute Gasteiger partial charge is 0.271 e. The maximum absolute atomic E-state index is 11.4. The van der Waals surface area contributed by atoms with Crippen LogP contribution in [0.4, 0.5) is 0 Å². The van der Waals surface area contributed by atoms with Crippen LogP contribution in [0.1, 0.15) is 10.4 Å². The van der Waals surface area contributed by atoms with Crippen molar-refractivity contribution in [2.45, 2.75) is 0 Å². The average Bonchev–Trinajstić information content (AvgIpc) is 2.26. The minimum absolute atomic E-state index is 0.00703. The van der Waals surface area contributed by atoms with Crippen LogP contribution in [-0.2, 0) is 4.74 Å². The van der Waals surface area contributed by atoms with E-state index in [0.29, 0.717) is 5.56 Å². The van der Waals surface area contributed by atoms with E-state index in [1.807, 2.05) is 0 Å². The molecule has 0 atom stereocenters. The van der Waals surface area contributed by atoms with Crippen molar-refractivity contribution in [2.75, 3.05) is 6.61 Å².